The van der Waals surface area contributed by atoms with E-state index in [1.165, 1.54) is 10.5 Å². The zero-order valence-corrected chi connectivity index (χ0v) is 13.2. The number of rotatable bonds is 6. The van der Waals surface area contributed by atoms with Crippen LogP contribution in [0, 0.1) is 0 Å². The van der Waals surface area contributed by atoms with Crippen molar-refractivity contribution >= 4 is 23.4 Å². The molecule has 1 N–H and O–H groups in total. The van der Waals surface area contributed by atoms with Crippen LogP contribution in [0.25, 0.3) is 0 Å². The molecule has 1 saturated heterocycles. The lowest BCUT2D eigenvalue weighted by Gasteiger charge is -2.14. The van der Waals surface area contributed by atoms with Crippen molar-refractivity contribution in [1.29, 1.82) is 0 Å². The smallest absolute Gasteiger partial charge is 0.0669 e. The first-order valence-corrected chi connectivity index (χ1v) is 8.24. The number of hydrogen-bond donors (Lipinski definition) is 1. The van der Waals surface area contributed by atoms with E-state index >= 15 is 0 Å². The van der Waals surface area contributed by atoms with Crippen LogP contribution >= 0.6 is 23.4 Å². The molecular weight excluding hydrogens is 278 g/mol. The lowest BCUT2D eigenvalue weighted by molar-refractivity contribution is 0.127. The number of ether oxygens (including phenoxy) is 1. The van der Waals surface area contributed by atoms with E-state index in [1.807, 2.05) is 11.8 Å². The van der Waals surface area contributed by atoms with Gasteiger partial charge in [-0.2, -0.15) is 0 Å². The molecule has 1 aliphatic heterocycles. The Balaban J connectivity index is 1.94. The second-order valence-corrected chi connectivity index (χ2v) is 6.67. The lowest BCUT2D eigenvalue weighted by Crippen LogP contribution is -2.14. The Morgan fingerprint density at radius 2 is 2.32 bits per heavy atom. The van der Waals surface area contributed by atoms with Gasteiger partial charge in [0.1, 0.15) is 0 Å². The molecule has 2 unspecified atom stereocenters. The van der Waals surface area contributed by atoms with Gasteiger partial charge >= 0.3 is 0 Å². The molecule has 4 heteroatoms. The maximum absolute atomic E-state index is 6.35. The molecule has 2 rings (SSSR count). The minimum atomic E-state index is 0.342. The molecule has 0 spiro atoms. The zero-order chi connectivity index (χ0) is 13.7. The topological polar surface area (TPSA) is 21.3 Å². The summed E-state index contributed by atoms with van der Waals surface area (Å²) in [6, 6.07) is 6.39. The number of nitrogens with one attached hydrogen (secondary N) is 1. The van der Waals surface area contributed by atoms with E-state index in [2.05, 4.69) is 37.4 Å². The van der Waals surface area contributed by atoms with Gasteiger partial charge in [-0.3, -0.25) is 0 Å². The Hall–Kier alpha value is -0.220. The largest absolute Gasteiger partial charge is 0.377 e. The Morgan fingerprint density at radius 1 is 1.47 bits per heavy atom. The van der Waals surface area contributed by atoms with Crippen molar-refractivity contribution in [2.75, 3.05) is 13.2 Å². The van der Waals surface area contributed by atoms with Crippen LogP contribution in [0.5, 0.6) is 0 Å². The van der Waals surface area contributed by atoms with E-state index in [1.54, 1.807) is 0 Å². The number of halogens is 1. The van der Waals surface area contributed by atoms with Crippen molar-refractivity contribution in [3.05, 3.63) is 28.8 Å². The summed E-state index contributed by atoms with van der Waals surface area (Å²) < 4.78 is 5.59. The fraction of sp³-hybridized carbons (Fsp3) is 0.600. The number of hydrogen-bond acceptors (Lipinski definition) is 3. The highest BCUT2D eigenvalue weighted by Gasteiger charge is 2.25. The second kappa shape index (κ2) is 7.53. The lowest BCUT2D eigenvalue weighted by atomic mass is 10.2. The van der Waals surface area contributed by atoms with Gasteiger partial charge in [-0.05, 0) is 44.0 Å². The van der Waals surface area contributed by atoms with Gasteiger partial charge in [0.25, 0.3) is 0 Å². The fourth-order valence-electron chi connectivity index (χ4n) is 2.19. The van der Waals surface area contributed by atoms with Gasteiger partial charge in [0.15, 0.2) is 0 Å². The molecule has 0 radical (unpaired) electrons. The first-order chi connectivity index (χ1) is 9.20. The molecule has 0 aromatic heterocycles. The molecule has 1 aromatic rings. The van der Waals surface area contributed by atoms with Gasteiger partial charge in [0.05, 0.1) is 6.10 Å². The van der Waals surface area contributed by atoms with Crippen LogP contribution in [0.4, 0.5) is 0 Å². The van der Waals surface area contributed by atoms with Crippen LogP contribution in [-0.4, -0.2) is 24.5 Å². The molecule has 2 nitrogen and oxygen atoms in total. The van der Waals surface area contributed by atoms with Crippen LogP contribution < -0.4 is 5.32 Å². The minimum absolute atomic E-state index is 0.342. The molecule has 106 valence electrons. The van der Waals surface area contributed by atoms with Gasteiger partial charge in [0, 0.05) is 28.3 Å². The molecule has 1 heterocycles. The van der Waals surface area contributed by atoms with Crippen LogP contribution in [0.15, 0.2) is 23.1 Å². The van der Waals surface area contributed by atoms with E-state index < -0.39 is 0 Å². The number of thioether (sulfide) groups is 1. The molecule has 0 saturated carbocycles. The first-order valence-electron chi connectivity index (χ1n) is 6.98. The van der Waals surface area contributed by atoms with Gasteiger partial charge in [-0.15, -0.1) is 11.8 Å². The molecule has 1 fully saturated rings. The quantitative estimate of drug-likeness (QED) is 0.799. The minimum Gasteiger partial charge on any atom is -0.377 e. The van der Waals surface area contributed by atoms with Gasteiger partial charge in [-0.1, -0.05) is 24.6 Å². The average Bonchev–Trinajstić information content (AvgIpc) is 2.78. The molecule has 19 heavy (non-hydrogen) atoms. The SMILES string of the molecule is CCCNCc1ccc(SC2CCOC2C)cc1Cl. The van der Waals surface area contributed by atoms with Crippen LogP contribution in [0.3, 0.4) is 0 Å². The predicted molar refractivity (Wildman–Crippen MR) is 83.1 cm³/mol. The Kier molecular flexibility index (Phi) is 6.02. The maximum Gasteiger partial charge on any atom is 0.0669 e. The highest BCUT2D eigenvalue weighted by molar-refractivity contribution is 8.00. The molecule has 2 atom stereocenters. The summed E-state index contributed by atoms with van der Waals surface area (Å²) in [4.78, 5) is 1.24. The van der Waals surface area contributed by atoms with E-state index in [0.717, 1.165) is 37.6 Å². The Morgan fingerprint density at radius 3 is 2.95 bits per heavy atom. The standard InChI is InChI=1S/C15H22ClNOS/c1-3-7-17-10-12-4-5-13(9-14(12)16)19-15-6-8-18-11(15)2/h4-5,9,11,15,17H,3,6-8,10H2,1-2H3. The zero-order valence-electron chi connectivity index (χ0n) is 11.6. The highest BCUT2D eigenvalue weighted by atomic mass is 35.5. The van der Waals surface area contributed by atoms with E-state index in [-0.39, 0.29) is 0 Å². The molecule has 0 amide bonds. The van der Waals surface area contributed by atoms with Crippen molar-refractivity contribution < 1.29 is 4.74 Å². The summed E-state index contributed by atoms with van der Waals surface area (Å²) in [5.41, 5.74) is 1.18. The van der Waals surface area contributed by atoms with Gasteiger partial charge in [-0.25, -0.2) is 0 Å². The van der Waals surface area contributed by atoms with Crippen LogP contribution in [-0.2, 0) is 11.3 Å². The normalized spacial score (nSPS) is 22.9. The fourth-order valence-corrected chi connectivity index (χ4v) is 3.66. The highest BCUT2D eigenvalue weighted by Crippen LogP contribution is 2.34. The molecule has 0 bridgehead atoms. The van der Waals surface area contributed by atoms with E-state index in [4.69, 9.17) is 16.3 Å². The van der Waals surface area contributed by atoms with Crippen molar-refractivity contribution in [1.82, 2.24) is 5.32 Å². The monoisotopic (exact) mass is 299 g/mol. The summed E-state index contributed by atoms with van der Waals surface area (Å²) in [7, 11) is 0. The number of benzene rings is 1. The van der Waals surface area contributed by atoms with E-state index in [0.29, 0.717) is 11.4 Å². The average molecular weight is 300 g/mol. The summed E-state index contributed by atoms with van der Waals surface area (Å²) in [5.74, 6) is 0. The molecule has 0 aliphatic carbocycles. The van der Waals surface area contributed by atoms with E-state index in [9.17, 15) is 0 Å². The molecular formula is C15H22ClNOS. The van der Waals surface area contributed by atoms with Crippen molar-refractivity contribution in [3.63, 3.8) is 0 Å². The third kappa shape index (κ3) is 4.38. The third-order valence-corrected chi connectivity index (χ3v) is 5.16. The maximum atomic E-state index is 6.35. The Labute approximate surface area is 125 Å². The van der Waals surface area contributed by atoms with Crippen molar-refractivity contribution in [2.24, 2.45) is 0 Å². The Bertz CT molecular complexity index is 413. The third-order valence-electron chi connectivity index (χ3n) is 3.36. The van der Waals surface area contributed by atoms with Gasteiger partial charge < -0.3 is 10.1 Å². The summed E-state index contributed by atoms with van der Waals surface area (Å²) in [6.07, 6.45) is 2.61. The van der Waals surface area contributed by atoms with Gasteiger partial charge in [0.2, 0.25) is 0 Å². The predicted octanol–water partition coefficient (Wildman–Crippen LogP) is 4.11. The van der Waals surface area contributed by atoms with Crippen LogP contribution in [0.2, 0.25) is 5.02 Å². The summed E-state index contributed by atoms with van der Waals surface area (Å²) in [6.45, 7) is 7.07. The summed E-state index contributed by atoms with van der Waals surface area (Å²) >= 11 is 8.23. The summed E-state index contributed by atoms with van der Waals surface area (Å²) in [5, 5.41) is 4.80. The van der Waals surface area contributed by atoms with Crippen molar-refractivity contribution in [2.45, 2.75) is 49.5 Å². The van der Waals surface area contributed by atoms with Crippen LogP contribution in [0.1, 0.15) is 32.3 Å². The molecule has 1 aliphatic rings. The molecule has 1 aromatic carbocycles. The van der Waals surface area contributed by atoms with Crippen molar-refractivity contribution in [3.8, 4) is 0 Å². The first kappa shape index (κ1) is 15.2. The second-order valence-electron chi connectivity index (χ2n) is 4.95.